The van der Waals surface area contributed by atoms with Crippen molar-refractivity contribution < 1.29 is 14.0 Å². The normalized spacial score (nSPS) is 11.2. The van der Waals surface area contributed by atoms with E-state index in [1.807, 2.05) is 24.1 Å². The summed E-state index contributed by atoms with van der Waals surface area (Å²) >= 11 is 0. The molecular formula is C17H20N4O4. The molecule has 3 rings (SSSR count). The van der Waals surface area contributed by atoms with Crippen LogP contribution in [0.4, 0.5) is 0 Å². The molecule has 0 spiro atoms. The summed E-state index contributed by atoms with van der Waals surface area (Å²) in [6.45, 7) is 2.67. The Morgan fingerprint density at radius 2 is 1.88 bits per heavy atom. The summed E-state index contributed by atoms with van der Waals surface area (Å²) in [6.07, 6.45) is 0. The van der Waals surface area contributed by atoms with Gasteiger partial charge in [-0.15, -0.1) is 0 Å². The van der Waals surface area contributed by atoms with E-state index in [0.29, 0.717) is 47.4 Å². The number of benzene rings is 1. The number of nitrogens with one attached hydrogen (secondary N) is 1. The van der Waals surface area contributed by atoms with Gasteiger partial charge in [0.1, 0.15) is 0 Å². The number of aromatic amines is 1. The number of fused-ring (bicyclic) bond motifs is 1. The molecule has 0 unspecified atom stereocenters. The van der Waals surface area contributed by atoms with Gasteiger partial charge in [-0.1, -0.05) is 5.16 Å². The minimum absolute atomic E-state index is 0.145. The van der Waals surface area contributed by atoms with E-state index in [0.717, 1.165) is 5.39 Å². The molecule has 0 atom stereocenters. The van der Waals surface area contributed by atoms with Crippen LogP contribution in [0.5, 0.6) is 11.5 Å². The Hall–Kier alpha value is -2.87. The lowest BCUT2D eigenvalue weighted by Crippen LogP contribution is -2.23. The fourth-order valence-corrected chi connectivity index (χ4v) is 2.68. The van der Waals surface area contributed by atoms with E-state index >= 15 is 0 Å². The summed E-state index contributed by atoms with van der Waals surface area (Å²) in [5, 5.41) is 4.63. The molecule has 25 heavy (non-hydrogen) atoms. The van der Waals surface area contributed by atoms with Gasteiger partial charge in [0.05, 0.1) is 26.3 Å². The van der Waals surface area contributed by atoms with Crippen LogP contribution in [-0.4, -0.2) is 41.3 Å². The van der Waals surface area contributed by atoms with Gasteiger partial charge in [-0.25, -0.2) is 0 Å². The van der Waals surface area contributed by atoms with Crippen molar-refractivity contribution in [3.8, 4) is 11.5 Å². The molecule has 0 radical (unpaired) electrons. The molecular weight excluding hydrogens is 324 g/mol. The largest absolute Gasteiger partial charge is 0.493 e. The molecule has 0 fully saturated rings. The highest BCUT2D eigenvalue weighted by molar-refractivity contribution is 5.83. The smallest absolute Gasteiger partial charge is 0.252 e. The van der Waals surface area contributed by atoms with Crippen LogP contribution < -0.4 is 15.0 Å². The second-order valence-corrected chi connectivity index (χ2v) is 5.83. The standard InChI is InChI=1S/C17H20N4O4/c1-10-18-16(25-20-10)9-21(2)8-12-5-11-6-14(23-3)15(24-4)7-13(11)19-17(12)22/h5-7H,8-9H2,1-4H3,(H,19,22). The molecule has 2 aromatic heterocycles. The monoisotopic (exact) mass is 344 g/mol. The number of aromatic nitrogens is 3. The molecule has 1 N–H and O–H groups in total. The predicted molar refractivity (Wildman–Crippen MR) is 91.9 cm³/mol. The Balaban J connectivity index is 1.88. The average Bonchev–Trinajstić information content (AvgIpc) is 2.99. The number of pyridine rings is 1. The van der Waals surface area contributed by atoms with Crippen molar-refractivity contribution in [2.75, 3.05) is 21.3 Å². The maximum absolute atomic E-state index is 12.4. The molecule has 0 aliphatic carbocycles. The highest BCUT2D eigenvalue weighted by Gasteiger charge is 2.12. The van der Waals surface area contributed by atoms with Crippen LogP contribution in [0.2, 0.25) is 0 Å². The van der Waals surface area contributed by atoms with Gasteiger partial charge in [0, 0.05) is 23.6 Å². The van der Waals surface area contributed by atoms with E-state index < -0.39 is 0 Å². The number of methoxy groups -OCH3 is 2. The van der Waals surface area contributed by atoms with Crippen LogP contribution in [0.3, 0.4) is 0 Å². The maximum Gasteiger partial charge on any atom is 0.252 e. The number of aryl methyl sites for hydroxylation is 1. The van der Waals surface area contributed by atoms with Gasteiger partial charge in [0.2, 0.25) is 5.89 Å². The molecule has 8 heteroatoms. The average molecular weight is 344 g/mol. The van der Waals surface area contributed by atoms with Crippen molar-refractivity contribution >= 4 is 10.9 Å². The molecule has 132 valence electrons. The summed E-state index contributed by atoms with van der Waals surface area (Å²) < 4.78 is 15.7. The molecule has 8 nitrogen and oxygen atoms in total. The van der Waals surface area contributed by atoms with Gasteiger partial charge in [-0.3, -0.25) is 9.69 Å². The van der Waals surface area contributed by atoms with Gasteiger partial charge < -0.3 is 19.0 Å². The van der Waals surface area contributed by atoms with E-state index in [1.54, 1.807) is 27.2 Å². The van der Waals surface area contributed by atoms with Crippen molar-refractivity contribution in [1.29, 1.82) is 0 Å². The fraction of sp³-hybridized carbons (Fsp3) is 0.353. The minimum atomic E-state index is -0.145. The Morgan fingerprint density at radius 3 is 2.52 bits per heavy atom. The van der Waals surface area contributed by atoms with E-state index in [4.69, 9.17) is 14.0 Å². The highest BCUT2D eigenvalue weighted by Crippen LogP contribution is 2.31. The molecule has 0 saturated heterocycles. The van der Waals surface area contributed by atoms with Crippen molar-refractivity contribution in [2.24, 2.45) is 0 Å². The van der Waals surface area contributed by atoms with Crippen molar-refractivity contribution in [3.63, 3.8) is 0 Å². The first-order valence-corrected chi connectivity index (χ1v) is 7.76. The second kappa shape index (κ2) is 6.94. The number of rotatable bonds is 6. The Bertz CT molecular complexity index is 947. The van der Waals surface area contributed by atoms with Gasteiger partial charge >= 0.3 is 0 Å². The third kappa shape index (κ3) is 3.63. The Kier molecular flexibility index (Phi) is 4.71. The summed E-state index contributed by atoms with van der Waals surface area (Å²) in [4.78, 5) is 21.4. The van der Waals surface area contributed by atoms with Crippen molar-refractivity contribution in [1.82, 2.24) is 20.0 Å². The Morgan fingerprint density at radius 1 is 1.16 bits per heavy atom. The predicted octanol–water partition coefficient (Wildman–Crippen LogP) is 1.87. The number of hydrogen-bond donors (Lipinski definition) is 1. The topological polar surface area (TPSA) is 93.5 Å². The lowest BCUT2D eigenvalue weighted by atomic mass is 10.1. The first-order chi connectivity index (χ1) is 12.0. The summed E-state index contributed by atoms with van der Waals surface area (Å²) in [5.74, 6) is 2.29. The van der Waals surface area contributed by atoms with E-state index in [9.17, 15) is 4.79 Å². The minimum Gasteiger partial charge on any atom is -0.493 e. The lowest BCUT2D eigenvalue weighted by molar-refractivity contribution is 0.259. The van der Waals surface area contributed by atoms with E-state index in [2.05, 4.69) is 15.1 Å². The number of H-pyrrole nitrogens is 1. The Labute approximate surface area is 144 Å². The van der Waals surface area contributed by atoms with Crippen molar-refractivity contribution in [2.45, 2.75) is 20.0 Å². The van der Waals surface area contributed by atoms with Crippen LogP contribution in [0.25, 0.3) is 10.9 Å². The number of hydrogen-bond acceptors (Lipinski definition) is 7. The van der Waals surface area contributed by atoms with Crippen LogP contribution in [0, 0.1) is 6.92 Å². The van der Waals surface area contributed by atoms with Crippen molar-refractivity contribution in [3.05, 3.63) is 45.8 Å². The zero-order valence-electron chi connectivity index (χ0n) is 14.6. The first kappa shape index (κ1) is 17.0. The van der Waals surface area contributed by atoms with E-state index in [-0.39, 0.29) is 5.56 Å². The van der Waals surface area contributed by atoms with Gasteiger partial charge in [-0.05, 0) is 26.1 Å². The molecule has 0 bridgehead atoms. The first-order valence-electron chi connectivity index (χ1n) is 7.76. The number of nitrogens with zero attached hydrogens (tertiary/aromatic N) is 3. The van der Waals surface area contributed by atoms with Gasteiger partial charge in [0.15, 0.2) is 17.3 Å². The summed E-state index contributed by atoms with van der Waals surface area (Å²) in [7, 11) is 5.03. The van der Waals surface area contributed by atoms with Crippen LogP contribution in [0.15, 0.2) is 27.5 Å². The van der Waals surface area contributed by atoms with Crippen LogP contribution in [-0.2, 0) is 13.1 Å². The zero-order valence-corrected chi connectivity index (χ0v) is 14.6. The second-order valence-electron chi connectivity index (χ2n) is 5.83. The molecule has 0 aliphatic heterocycles. The molecule has 1 aromatic carbocycles. The quantitative estimate of drug-likeness (QED) is 0.729. The highest BCUT2D eigenvalue weighted by atomic mass is 16.5. The fourth-order valence-electron chi connectivity index (χ4n) is 2.68. The third-order valence-corrected chi connectivity index (χ3v) is 3.84. The lowest BCUT2D eigenvalue weighted by Gasteiger charge is -2.14. The third-order valence-electron chi connectivity index (χ3n) is 3.84. The zero-order chi connectivity index (χ0) is 18.0. The molecule has 2 heterocycles. The summed E-state index contributed by atoms with van der Waals surface area (Å²) in [6, 6.07) is 5.45. The molecule has 0 amide bonds. The molecule has 0 saturated carbocycles. The number of ether oxygens (including phenoxy) is 2. The van der Waals surface area contributed by atoms with E-state index in [1.165, 1.54) is 0 Å². The molecule has 0 aliphatic rings. The van der Waals surface area contributed by atoms with Crippen LogP contribution in [0.1, 0.15) is 17.3 Å². The molecule has 3 aromatic rings. The maximum atomic E-state index is 12.4. The van der Waals surface area contributed by atoms with Gasteiger partial charge in [0.25, 0.3) is 5.56 Å². The SMILES string of the molecule is COc1cc2cc(CN(C)Cc3nc(C)no3)c(=O)[nH]c2cc1OC. The van der Waals surface area contributed by atoms with Crippen LogP contribution >= 0.6 is 0 Å². The van der Waals surface area contributed by atoms with Gasteiger partial charge in [-0.2, -0.15) is 4.98 Å². The summed E-state index contributed by atoms with van der Waals surface area (Å²) in [5.41, 5.74) is 1.19.